The van der Waals surface area contributed by atoms with Gasteiger partial charge in [-0.3, -0.25) is 4.57 Å². The Hall–Kier alpha value is -0.140. The topological polar surface area (TPSA) is 57.2 Å². The van der Waals surface area contributed by atoms with E-state index in [0.717, 1.165) is 6.42 Å². The van der Waals surface area contributed by atoms with Crippen molar-refractivity contribution in [2.45, 2.75) is 53.1 Å². The summed E-state index contributed by atoms with van der Waals surface area (Å²) < 4.78 is 35.1. The highest BCUT2D eigenvalue weighted by Gasteiger charge is 2.28. The Morgan fingerprint density at radius 2 is 1.68 bits per heavy atom. The number of hydrogen-bond acceptors (Lipinski definition) is 6. The Bertz CT molecular complexity index is 390. The van der Waals surface area contributed by atoms with E-state index in [-0.39, 0.29) is 18.2 Å². The van der Waals surface area contributed by atoms with Gasteiger partial charge in [-0.2, -0.15) is 0 Å². The van der Waals surface area contributed by atoms with Gasteiger partial charge in [0.05, 0.1) is 6.61 Å². The summed E-state index contributed by atoms with van der Waals surface area (Å²) in [6.07, 6.45) is 3.48. The maximum atomic E-state index is 11.9. The largest absolute Gasteiger partial charge is 0.382 e. The molecule has 0 aliphatic heterocycles. The highest BCUT2D eigenvalue weighted by molar-refractivity contribution is 7.54. The van der Waals surface area contributed by atoms with Gasteiger partial charge in [-0.1, -0.05) is 6.92 Å². The van der Waals surface area contributed by atoms with Crippen LogP contribution in [0.25, 0.3) is 0 Å². The molecule has 1 unspecified atom stereocenters. The van der Waals surface area contributed by atoms with Crippen molar-refractivity contribution in [1.29, 1.82) is 0 Å². The molecule has 0 aliphatic rings. The molecule has 1 atom stereocenters. The third-order valence-corrected chi connectivity index (χ3v) is 6.29. The van der Waals surface area contributed by atoms with Gasteiger partial charge in [-0.05, 0) is 40.0 Å². The lowest BCUT2D eigenvalue weighted by Gasteiger charge is -2.33. The molecular formula is C14H29NO5P2. The monoisotopic (exact) mass is 353 g/mol. The molecule has 0 rings (SSSR count). The van der Waals surface area contributed by atoms with E-state index in [0.29, 0.717) is 6.61 Å². The maximum Gasteiger partial charge on any atom is 0.342 e. The Morgan fingerprint density at radius 1 is 1.14 bits per heavy atom. The molecule has 0 aromatic rings. The molecule has 0 aromatic carbocycles. The van der Waals surface area contributed by atoms with E-state index in [1.165, 1.54) is 14.2 Å². The third-order valence-electron chi connectivity index (χ3n) is 2.68. The summed E-state index contributed by atoms with van der Waals surface area (Å²) in [7, 11) is -1.73. The third kappa shape index (κ3) is 7.92. The summed E-state index contributed by atoms with van der Waals surface area (Å²) >= 11 is 0. The normalized spacial score (nSPS) is 13.4. The first kappa shape index (κ1) is 21.9. The fourth-order valence-corrected chi connectivity index (χ4v) is 3.87. The maximum absolute atomic E-state index is 11.9. The molecule has 6 nitrogen and oxygen atoms in total. The van der Waals surface area contributed by atoms with Gasteiger partial charge in [0.15, 0.2) is 0 Å². The zero-order valence-corrected chi connectivity index (χ0v) is 16.4. The van der Waals surface area contributed by atoms with E-state index in [1.54, 1.807) is 0 Å². The fourth-order valence-electron chi connectivity index (χ4n) is 1.69. The van der Waals surface area contributed by atoms with Crippen molar-refractivity contribution in [2.24, 2.45) is 0 Å². The van der Waals surface area contributed by atoms with Crippen molar-refractivity contribution in [3.63, 3.8) is 0 Å². The Balaban J connectivity index is 4.83. The number of nitrogens with zero attached hydrogens (tertiary/aromatic N) is 1. The average Bonchev–Trinajstić information content (AvgIpc) is 2.47. The lowest BCUT2D eigenvalue weighted by Crippen LogP contribution is -2.33. The molecule has 130 valence electrons. The smallest absolute Gasteiger partial charge is 0.342 e. The Labute approximate surface area is 136 Å². The van der Waals surface area contributed by atoms with Crippen LogP contribution in [-0.2, 0) is 22.7 Å². The van der Waals surface area contributed by atoms with Gasteiger partial charge < -0.3 is 18.1 Å². The molecule has 0 aliphatic carbocycles. The zero-order valence-electron chi connectivity index (χ0n) is 14.7. The van der Waals surface area contributed by atoms with Crippen molar-refractivity contribution in [2.75, 3.05) is 27.0 Å². The highest BCUT2D eigenvalue weighted by atomic mass is 31.2. The van der Waals surface area contributed by atoms with Gasteiger partial charge >= 0.3 is 16.1 Å². The van der Waals surface area contributed by atoms with Gasteiger partial charge in [0.25, 0.3) is 0 Å². The molecule has 0 N–H and O–H groups in total. The molecular weight excluding hydrogens is 324 g/mol. The van der Waals surface area contributed by atoms with Gasteiger partial charge in [0.2, 0.25) is 0 Å². The van der Waals surface area contributed by atoms with Crippen molar-refractivity contribution in [3.05, 3.63) is 0 Å². The summed E-state index contributed by atoms with van der Waals surface area (Å²) in [5.41, 5.74) is 0. The van der Waals surface area contributed by atoms with Gasteiger partial charge in [-0.15, -0.1) is 0 Å². The van der Waals surface area contributed by atoms with Gasteiger partial charge in [0, 0.05) is 26.3 Å². The minimum absolute atomic E-state index is 0.0136. The first-order valence-electron chi connectivity index (χ1n) is 7.37. The SMILES string of the molecule is CCCOP(OC#CCP(=O)(OC)OC)N(C(C)C)C(C)C. The van der Waals surface area contributed by atoms with E-state index in [1.807, 2.05) is 6.92 Å². The summed E-state index contributed by atoms with van der Waals surface area (Å²) in [5, 5.41) is 0. The van der Waals surface area contributed by atoms with Crippen LogP contribution >= 0.6 is 16.1 Å². The van der Waals surface area contributed by atoms with Crippen molar-refractivity contribution in [1.82, 2.24) is 4.67 Å². The van der Waals surface area contributed by atoms with Crippen molar-refractivity contribution >= 4 is 16.1 Å². The van der Waals surface area contributed by atoms with Crippen LogP contribution in [0.2, 0.25) is 0 Å². The second-order valence-electron chi connectivity index (χ2n) is 5.14. The van der Waals surface area contributed by atoms with Gasteiger partial charge in [-0.25, -0.2) is 4.67 Å². The predicted molar refractivity (Wildman–Crippen MR) is 90.6 cm³/mol. The second kappa shape index (κ2) is 11.4. The quantitative estimate of drug-likeness (QED) is 0.433. The molecule has 22 heavy (non-hydrogen) atoms. The number of rotatable bonds is 10. The lowest BCUT2D eigenvalue weighted by molar-refractivity contribution is 0.210. The fraction of sp³-hybridized carbons (Fsp3) is 0.857. The molecule has 0 radical (unpaired) electrons. The number of hydrogen-bond donors (Lipinski definition) is 0. The van der Waals surface area contributed by atoms with Crippen LogP contribution in [0, 0.1) is 12.0 Å². The summed E-state index contributed by atoms with van der Waals surface area (Å²) in [4.78, 5) is 0. The van der Waals surface area contributed by atoms with E-state index in [4.69, 9.17) is 18.1 Å². The Kier molecular flexibility index (Phi) is 11.3. The van der Waals surface area contributed by atoms with Crippen LogP contribution in [-0.4, -0.2) is 43.7 Å². The van der Waals surface area contributed by atoms with E-state index in [9.17, 15) is 4.57 Å². The van der Waals surface area contributed by atoms with Crippen LogP contribution in [0.5, 0.6) is 0 Å². The molecule has 0 fully saturated rings. The molecule has 0 spiro atoms. The first-order valence-corrected chi connectivity index (χ1v) is 10.2. The van der Waals surface area contributed by atoms with Crippen molar-refractivity contribution < 1.29 is 22.7 Å². The molecule has 0 heterocycles. The van der Waals surface area contributed by atoms with Crippen molar-refractivity contribution in [3.8, 4) is 12.0 Å². The summed E-state index contributed by atoms with van der Waals surface area (Å²) in [6, 6.07) is 0.544. The lowest BCUT2D eigenvalue weighted by atomic mass is 10.3. The molecule has 0 bridgehead atoms. The first-order chi connectivity index (χ1) is 10.3. The van der Waals surface area contributed by atoms with E-state index < -0.39 is 16.1 Å². The molecule has 0 saturated heterocycles. The zero-order chi connectivity index (χ0) is 17.2. The van der Waals surface area contributed by atoms with Crippen LogP contribution < -0.4 is 0 Å². The standard InChI is InChI=1S/C14H29NO5P2/c1-8-10-19-21(15(13(2)3)14(4)5)20-11-9-12-22(16,17-6)18-7/h13-14H,8,10,12H2,1-7H3. The molecule has 8 heteroatoms. The van der Waals surface area contributed by atoms with Crippen LogP contribution in [0.3, 0.4) is 0 Å². The van der Waals surface area contributed by atoms with Gasteiger partial charge in [0.1, 0.15) is 12.3 Å². The minimum atomic E-state index is -3.12. The predicted octanol–water partition coefficient (Wildman–Crippen LogP) is 4.22. The highest BCUT2D eigenvalue weighted by Crippen LogP contribution is 2.47. The van der Waals surface area contributed by atoms with Crippen LogP contribution in [0.15, 0.2) is 0 Å². The van der Waals surface area contributed by atoms with Crippen LogP contribution in [0.4, 0.5) is 0 Å². The summed E-state index contributed by atoms with van der Waals surface area (Å²) in [6.45, 7) is 11.0. The molecule has 0 saturated carbocycles. The minimum Gasteiger partial charge on any atom is -0.382 e. The average molecular weight is 353 g/mol. The summed E-state index contributed by atoms with van der Waals surface area (Å²) in [5.74, 6) is 2.69. The molecule has 0 amide bonds. The van der Waals surface area contributed by atoms with E-state index in [2.05, 4.69) is 44.4 Å². The van der Waals surface area contributed by atoms with E-state index >= 15 is 0 Å². The Morgan fingerprint density at radius 3 is 2.09 bits per heavy atom. The molecule has 0 aromatic heterocycles. The van der Waals surface area contributed by atoms with Crippen LogP contribution in [0.1, 0.15) is 41.0 Å². The second-order valence-corrected chi connectivity index (χ2v) is 8.79.